The van der Waals surface area contributed by atoms with E-state index in [2.05, 4.69) is 26.6 Å². The molecule has 0 fully saturated rings. The van der Waals surface area contributed by atoms with Crippen molar-refractivity contribution in [3.05, 3.63) is 22.2 Å². The molecule has 1 amide bonds. The first-order valence-corrected chi connectivity index (χ1v) is 7.15. The van der Waals surface area contributed by atoms with Crippen LogP contribution < -0.4 is 20.1 Å². The first-order chi connectivity index (χ1) is 9.53. The van der Waals surface area contributed by atoms with Gasteiger partial charge >= 0.3 is 0 Å². The van der Waals surface area contributed by atoms with E-state index in [4.69, 9.17) is 9.47 Å². The molecule has 1 atom stereocenters. The summed E-state index contributed by atoms with van der Waals surface area (Å²) in [6, 6.07) is 3.68. The Kier molecular flexibility index (Phi) is 6.81. The zero-order valence-corrected chi connectivity index (χ0v) is 13.8. The number of halogens is 1. The highest BCUT2D eigenvalue weighted by atomic mass is 79.9. The SMILES string of the molecule is CNCC(C)C(=O)NCc1cc(OC)c(OC)cc1Br. The van der Waals surface area contributed by atoms with Crippen LogP contribution in [0, 0.1) is 5.92 Å². The summed E-state index contributed by atoms with van der Waals surface area (Å²) in [6.45, 7) is 2.97. The summed E-state index contributed by atoms with van der Waals surface area (Å²) in [4.78, 5) is 11.9. The summed E-state index contributed by atoms with van der Waals surface area (Å²) < 4.78 is 11.3. The van der Waals surface area contributed by atoms with Crippen molar-refractivity contribution >= 4 is 21.8 Å². The number of amides is 1. The van der Waals surface area contributed by atoms with Gasteiger partial charge in [-0.3, -0.25) is 4.79 Å². The Morgan fingerprint density at radius 3 is 2.45 bits per heavy atom. The van der Waals surface area contributed by atoms with Gasteiger partial charge < -0.3 is 20.1 Å². The number of methoxy groups -OCH3 is 2. The predicted octanol–water partition coefficient (Wildman–Crippen LogP) is 1.94. The fraction of sp³-hybridized carbons (Fsp3) is 0.500. The molecule has 0 spiro atoms. The van der Waals surface area contributed by atoms with Crippen LogP contribution in [0.4, 0.5) is 0 Å². The molecular formula is C14H21BrN2O3. The summed E-state index contributed by atoms with van der Waals surface area (Å²) in [5, 5.41) is 5.89. The second-order valence-corrected chi connectivity index (χ2v) is 5.33. The molecule has 0 saturated heterocycles. The van der Waals surface area contributed by atoms with Crippen LogP contribution in [-0.2, 0) is 11.3 Å². The van der Waals surface area contributed by atoms with Crippen LogP contribution in [0.15, 0.2) is 16.6 Å². The molecule has 112 valence electrons. The second kappa shape index (κ2) is 8.11. The maximum absolute atomic E-state index is 11.9. The molecule has 6 heteroatoms. The van der Waals surface area contributed by atoms with Gasteiger partial charge in [0.25, 0.3) is 0 Å². The number of rotatable bonds is 7. The molecular weight excluding hydrogens is 324 g/mol. The monoisotopic (exact) mass is 344 g/mol. The normalized spacial score (nSPS) is 11.8. The van der Waals surface area contributed by atoms with Crippen molar-refractivity contribution in [3.8, 4) is 11.5 Å². The highest BCUT2D eigenvalue weighted by molar-refractivity contribution is 9.10. The lowest BCUT2D eigenvalue weighted by Crippen LogP contribution is -2.33. The number of benzene rings is 1. The highest BCUT2D eigenvalue weighted by Crippen LogP contribution is 2.33. The van der Waals surface area contributed by atoms with Gasteiger partial charge in [0.2, 0.25) is 5.91 Å². The van der Waals surface area contributed by atoms with Gasteiger partial charge in [0, 0.05) is 23.5 Å². The van der Waals surface area contributed by atoms with Crippen LogP contribution in [0.1, 0.15) is 12.5 Å². The lowest BCUT2D eigenvalue weighted by molar-refractivity contribution is -0.124. The van der Waals surface area contributed by atoms with E-state index in [1.54, 1.807) is 14.2 Å². The Hall–Kier alpha value is -1.27. The molecule has 0 bridgehead atoms. The van der Waals surface area contributed by atoms with E-state index >= 15 is 0 Å². The lowest BCUT2D eigenvalue weighted by Gasteiger charge is -2.14. The molecule has 0 heterocycles. The zero-order valence-electron chi connectivity index (χ0n) is 12.2. The van der Waals surface area contributed by atoms with Crippen LogP contribution in [0.2, 0.25) is 0 Å². The number of hydrogen-bond donors (Lipinski definition) is 2. The molecule has 1 aromatic rings. The minimum absolute atomic E-state index is 0.0148. The van der Waals surface area contributed by atoms with E-state index in [0.717, 1.165) is 10.0 Å². The fourth-order valence-electron chi connectivity index (χ4n) is 1.79. The molecule has 1 aromatic carbocycles. The average molecular weight is 345 g/mol. The molecule has 0 radical (unpaired) electrons. The third-order valence-electron chi connectivity index (χ3n) is 2.96. The zero-order chi connectivity index (χ0) is 15.1. The summed E-state index contributed by atoms with van der Waals surface area (Å²) in [5.74, 6) is 1.24. The van der Waals surface area contributed by atoms with Crippen LogP contribution in [-0.4, -0.2) is 33.7 Å². The molecule has 0 aromatic heterocycles. The van der Waals surface area contributed by atoms with Gasteiger partial charge in [-0.05, 0) is 24.7 Å². The molecule has 2 N–H and O–H groups in total. The minimum Gasteiger partial charge on any atom is -0.493 e. The Balaban J connectivity index is 2.75. The average Bonchev–Trinajstić information content (AvgIpc) is 2.45. The molecule has 1 rings (SSSR count). The van der Waals surface area contributed by atoms with Crippen molar-refractivity contribution in [2.24, 2.45) is 5.92 Å². The van der Waals surface area contributed by atoms with Crippen molar-refractivity contribution in [1.29, 1.82) is 0 Å². The molecule has 0 saturated carbocycles. The van der Waals surface area contributed by atoms with Crippen LogP contribution >= 0.6 is 15.9 Å². The van der Waals surface area contributed by atoms with Gasteiger partial charge in [-0.2, -0.15) is 0 Å². The smallest absolute Gasteiger partial charge is 0.224 e. The van der Waals surface area contributed by atoms with Gasteiger partial charge in [-0.25, -0.2) is 0 Å². The first kappa shape index (κ1) is 16.8. The van der Waals surface area contributed by atoms with Gasteiger partial charge in [-0.1, -0.05) is 22.9 Å². The Morgan fingerprint density at radius 1 is 1.30 bits per heavy atom. The standard InChI is InChI=1S/C14H21BrN2O3/c1-9(7-16-2)14(18)17-8-10-5-12(19-3)13(20-4)6-11(10)15/h5-6,9,16H,7-8H2,1-4H3,(H,17,18). The molecule has 1 unspecified atom stereocenters. The van der Waals surface area contributed by atoms with Crippen molar-refractivity contribution in [1.82, 2.24) is 10.6 Å². The fourth-order valence-corrected chi connectivity index (χ4v) is 2.25. The van der Waals surface area contributed by atoms with E-state index in [0.29, 0.717) is 24.6 Å². The third kappa shape index (κ3) is 4.38. The minimum atomic E-state index is -0.0704. The molecule has 0 aliphatic heterocycles. The van der Waals surface area contributed by atoms with Gasteiger partial charge in [-0.15, -0.1) is 0 Å². The number of nitrogens with one attached hydrogen (secondary N) is 2. The van der Waals surface area contributed by atoms with E-state index in [-0.39, 0.29) is 11.8 Å². The van der Waals surface area contributed by atoms with Crippen molar-refractivity contribution < 1.29 is 14.3 Å². The summed E-state index contributed by atoms with van der Waals surface area (Å²) >= 11 is 3.47. The van der Waals surface area contributed by atoms with E-state index in [1.807, 2.05) is 26.1 Å². The van der Waals surface area contributed by atoms with E-state index in [9.17, 15) is 4.79 Å². The maximum Gasteiger partial charge on any atom is 0.224 e. The third-order valence-corrected chi connectivity index (χ3v) is 3.70. The van der Waals surface area contributed by atoms with Crippen molar-refractivity contribution in [2.45, 2.75) is 13.5 Å². The summed E-state index contributed by atoms with van der Waals surface area (Å²) in [7, 11) is 5.00. The van der Waals surface area contributed by atoms with Crippen LogP contribution in [0.25, 0.3) is 0 Å². The van der Waals surface area contributed by atoms with Crippen molar-refractivity contribution in [3.63, 3.8) is 0 Å². The number of hydrogen-bond acceptors (Lipinski definition) is 4. The first-order valence-electron chi connectivity index (χ1n) is 6.36. The highest BCUT2D eigenvalue weighted by Gasteiger charge is 2.13. The Morgan fingerprint density at radius 2 is 1.90 bits per heavy atom. The number of carbonyl (C=O) groups is 1. The quantitative estimate of drug-likeness (QED) is 0.793. The number of ether oxygens (including phenoxy) is 2. The summed E-state index contributed by atoms with van der Waals surface area (Å²) in [5.41, 5.74) is 0.938. The van der Waals surface area contributed by atoms with Gasteiger partial charge in [0.05, 0.1) is 14.2 Å². The van der Waals surface area contributed by atoms with Crippen LogP contribution in [0.3, 0.4) is 0 Å². The number of carbonyl (C=O) groups excluding carboxylic acids is 1. The topological polar surface area (TPSA) is 59.6 Å². The Bertz CT molecular complexity index is 466. The van der Waals surface area contributed by atoms with Crippen LogP contribution in [0.5, 0.6) is 11.5 Å². The van der Waals surface area contributed by atoms with E-state index in [1.165, 1.54) is 0 Å². The predicted molar refractivity (Wildman–Crippen MR) is 82.2 cm³/mol. The molecule has 5 nitrogen and oxygen atoms in total. The lowest BCUT2D eigenvalue weighted by atomic mass is 10.1. The van der Waals surface area contributed by atoms with Gasteiger partial charge in [0.15, 0.2) is 11.5 Å². The van der Waals surface area contributed by atoms with Crippen molar-refractivity contribution in [2.75, 3.05) is 27.8 Å². The largest absolute Gasteiger partial charge is 0.493 e. The van der Waals surface area contributed by atoms with Gasteiger partial charge in [0.1, 0.15) is 0 Å². The molecule has 0 aliphatic carbocycles. The maximum atomic E-state index is 11.9. The Labute approximate surface area is 128 Å². The molecule has 0 aliphatic rings. The molecule has 20 heavy (non-hydrogen) atoms. The second-order valence-electron chi connectivity index (χ2n) is 4.48. The summed E-state index contributed by atoms with van der Waals surface area (Å²) in [6.07, 6.45) is 0. The van der Waals surface area contributed by atoms with E-state index < -0.39 is 0 Å².